The molecule has 692 valence electrons. The molecule has 0 radical (unpaired) electrons. The topological polar surface area (TPSA) is 954 Å². The molecule has 9 rings (SSSR count). The van der Waals surface area contributed by atoms with E-state index in [0.717, 1.165) is 0 Å². The van der Waals surface area contributed by atoms with Crippen LogP contribution in [0.15, 0.2) is 0 Å². The number of hydrogen-bond acceptors (Lipinski definition) is 52. The third kappa shape index (κ3) is 21.4. The number of aliphatic hydroxyl groups is 28. The van der Waals surface area contributed by atoms with Crippen molar-refractivity contribution in [3.8, 4) is 0 Å². The molecule has 119 heavy (non-hydrogen) atoms. The standard InChI is InChI=1S/C61H103N2O55P/c62-21-26(78)25(77)19(104-51(21)93)9-102-52-22(63)27(79)44(118-119(98,99)100)20(106-52)10-103-60(58(94)95)2-17(115-61(59(96)97)1-11(69)23(75)41(116-61)13(71)4-65)45(43(117-60)15(73)6-67)110-57-38(90)47(49(42(109-57)14(72)5-66)114-54-34(86)28(80)24(76)18(7-68)105-54)112-56-37(89)46(111-55-35(87)30(82)32(84)48(113-55)50(91)92)36(88)40(108-56)16(74)8-101-53-33(85)29(81)31(83)39(107-53)12(70)3-64/h11-49,51-57,64-90,93H,1-10,62-63H2,(H,91,92)(H,94,95)(H,96,97)(H2,98,99,100)/t11-,12+,13-,14+,15-,16+,17+,18-,19-,20-,21-,22-,23-,24-,25-,26-,27-,28+,29+,30+,31+,32+,33+,34-,35-,36-,37+,38+,39-,40-,41-,42-,43-,44-,45-,46+,47-,48+,49-,51+,52-,53+,54+,55+,56-,57-,60-,61-/m1/s1. The van der Waals surface area contributed by atoms with E-state index < -0.39 is 385 Å². The third-order valence-corrected chi connectivity index (χ3v) is 21.8. The molecule has 37 N–H and O–H groups in total. The maximum atomic E-state index is 14.2. The van der Waals surface area contributed by atoms with Crippen molar-refractivity contribution >= 4 is 25.7 Å². The van der Waals surface area contributed by atoms with Crippen molar-refractivity contribution in [2.24, 2.45) is 11.5 Å². The number of carboxylic acid groups (broad SMARTS) is 3. The lowest BCUT2D eigenvalue weighted by molar-refractivity contribution is -0.418. The highest BCUT2D eigenvalue weighted by Gasteiger charge is 2.66. The van der Waals surface area contributed by atoms with E-state index in [9.17, 15) is 187 Å². The summed E-state index contributed by atoms with van der Waals surface area (Å²) >= 11 is 0. The van der Waals surface area contributed by atoms with Gasteiger partial charge in [-0.3, -0.25) is 4.52 Å². The van der Waals surface area contributed by atoms with Crippen molar-refractivity contribution in [2.45, 2.75) is 306 Å². The van der Waals surface area contributed by atoms with Gasteiger partial charge >= 0.3 is 25.7 Å². The Morgan fingerprint density at radius 1 is 0.395 bits per heavy atom. The van der Waals surface area contributed by atoms with E-state index in [4.69, 9.17) is 96.5 Å². The second kappa shape index (κ2) is 41.2. The van der Waals surface area contributed by atoms with E-state index in [0.29, 0.717) is 0 Å². The van der Waals surface area contributed by atoms with Crippen molar-refractivity contribution in [3.63, 3.8) is 0 Å². The summed E-state index contributed by atoms with van der Waals surface area (Å²) < 4.78 is 115. The number of rotatable bonds is 34. The van der Waals surface area contributed by atoms with Crippen LogP contribution in [0.5, 0.6) is 0 Å². The summed E-state index contributed by atoms with van der Waals surface area (Å²) in [5.74, 6) is -14.4. The molecule has 0 saturated carbocycles. The van der Waals surface area contributed by atoms with Gasteiger partial charge in [0.1, 0.15) is 208 Å². The van der Waals surface area contributed by atoms with Crippen molar-refractivity contribution in [3.05, 3.63) is 0 Å². The number of hydrogen-bond donors (Lipinski definition) is 35. The Labute approximate surface area is 667 Å². The van der Waals surface area contributed by atoms with E-state index in [2.05, 4.69) is 0 Å². The molecule has 9 fully saturated rings. The Hall–Kier alpha value is -3.36. The summed E-state index contributed by atoms with van der Waals surface area (Å²) in [5, 5.41) is 342. The minimum atomic E-state index is -5.90. The minimum Gasteiger partial charge on any atom is -0.479 e. The Kier molecular flexibility index (Phi) is 34.4. The molecule has 9 aliphatic heterocycles. The van der Waals surface area contributed by atoms with E-state index in [1.54, 1.807) is 0 Å². The van der Waals surface area contributed by atoms with Crippen LogP contribution < -0.4 is 11.5 Å². The van der Waals surface area contributed by atoms with E-state index in [1.165, 1.54) is 0 Å². The van der Waals surface area contributed by atoms with Gasteiger partial charge in [0.25, 0.3) is 11.6 Å². The highest BCUT2D eigenvalue weighted by atomic mass is 31.2. The first-order valence-electron chi connectivity index (χ1n) is 36.4. The van der Waals surface area contributed by atoms with Crippen LogP contribution in [0.4, 0.5) is 0 Å². The first-order chi connectivity index (χ1) is 55.7. The molecule has 0 aliphatic carbocycles. The molecule has 0 aromatic carbocycles. The maximum Gasteiger partial charge on any atom is 0.470 e. The van der Waals surface area contributed by atoms with Gasteiger partial charge in [0.2, 0.25) is 0 Å². The van der Waals surface area contributed by atoms with Gasteiger partial charge in [0.05, 0.1) is 77.1 Å². The first kappa shape index (κ1) is 99.4. The Morgan fingerprint density at radius 2 is 0.866 bits per heavy atom. The average molecular weight is 1780 g/mol. The van der Waals surface area contributed by atoms with Crippen LogP contribution in [0.1, 0.15) is 12.8 Å². The van der Waals surface area contributed by atoms with Crippen molar-refractivity contribution in [1.82, 2.24) is 0 Å². The molecular formula is C61H103N2O55P. The number of aliphatic carboxylic acids is 3. The average Bonchev–Trinajstić information content (AvgIpc) is 0.737. The molecule has 9 aliphatic rings. The highest BCUT2D eigenvalue weighted by Crippen LogP contribution is 2.47. The molecular weight excluding hydrogens is 1670 g/mol. The van der Waals surface area contributed by atoms with Gasteiger partial charge in [-0.15, -0.1) is 0 Å². The van der Waals surface area contributed by atoms with Crippen LogP contribution in [0.3, 0.4) is 0 Å². The largest absolute Gasteiger partial charge is 0.479 e. The van der Waals surface area contributed by atoms with Crippen LogP contribution >= 0.6 is 7.82 Å². The number of phosphoric acid groups is 1. The molecule has 48 atom stereocenters. The van der Waals surface area contributed by atoms with Crippen molar-refractivity contribution in [1.29, 1.82) is 0 Å². The fourth-order valence-corrected chi connectivity index (χ4v) is 15.2. The normalized spacial score (nSPS) is 48.4. The molecule has 0 spiro atoms. The monoisotopic (exact) mass is 1770 g/mol. The molecule has 0 aromatic heterocycles. The van der Waals surface area contributed by atoms with Gasteiger partial charge < -0.3 is 260 Å². The Morgan fingerprint density at radius 3 is 1.45 bits per heavy atom. The van der Waals surface area contributed by atoms with E-state index in [1.807, 2.05) is 0 Å². The second-order valence-electron chi connectivity index (χ2n) is 29.4. The molecule has 0 amide bonds. The van der Waals surface area contributed by atoms with Crippen LogP contribution in [-0.2, 0) is 104 Å². The summed E-state index contributed by atoms with van der Waals surface area (Å²) in [5.41, 5.74) is 11.8. The number of ether oxygens (including phenoxy) is 17. The second-order valence-corrected chi connectivity index (χ2v) is 30.6. The summed E-state index contributed by atoms with van der Waals surface area (Å²) in [4.78, 5) is 60.5. The first-order valence-corrected chi connectivity index (χ1v) is 38.0. The zero-order chi connectivity index (χ0) is 88.6. The molecule has 0 aromatic rings. The van der Waals surface area contributed by atoms with E-state index >= 15 is 0 Å². The van der Waals surface area contributed by atoms with Crippen molar-refractivity contribution in [2.75, 3.05) is 52.9 Å². The summed E-state index contributed by atoms with van der Waals surface area (Å²) in [6.07, 6.45) is -112. The lowest BCUT2D eigenvalue weighted by Gasteiger charge is -2.53. The van der Waals surface area contributed by atoms with Gasteiger partial charge in [-0.05, 0) is 0 Å². The summed E-state index contributed by atoms with van der Waals surface area (Å²) in [7, 11) is -5.90. The molecule has 58 heteroatoms. The van der Waals surface area contributed by atoms with E-state index in [-0.39, 0.29) is 0 Å². The molecule has 0 bridgehead atoms. The minimum absolute atomic E-state index is 0.967. The highest BCUT2D eigenvalue weighted by molar-refractivity contribution is 7.46. The fourth-order valence-electron chi connectivity index (χ4n) is 14.6. The van der Waals surface area contributed by atoms with Crippen LogP contribution in [0.25, 0.3) is 0 Å². The Bertz CT molecular complexity index is 3280. The molecule has 9 heterocycles. The van der Waals surface area contributed by atoms with Gasteiger partial charge in [-0.2, -0.15) is 0 Å². The predicted molar refractivity (Wildman–Crippen MR) is 353 cm³/mol. The van der Waals surface area contributed by atoms with Gasteiger partial charge in [0, 0.05) is 12.8 Å². The zero-order valence-corrected chi connectivity index (χ0v) is 62.4. The zero-order valence-electron chi connectivity index (χ0n) is 61.5. The van der Waals surface area contributed by atoms with Crippen LogP contribution in [0.2, 0.25) is 0 Å². The fraction of sp³-hybridized carbons (Fsp3) is 0.951. The van der Waals surface area contributed by atoms with Crippen LogP contribution in [-0.4, -0.2) is 532 Å². The van der Waals surface area contributed by atoms with Crippen LogP contribution in [0, 0.1) is 0 Å². The SMILES string of the molecule is N[C@@H]1[C@@H](O)[C@H](O)[C@@H](CO[C@@H]2O[C@H](CO[C@]3(C(=O)O)C[C@H](O[C@]4(C(=O)O)C[C@@H](O)[C@@H](O)[C@@H]([C@H](O)CO)O4)[C@@H](O[C@H]4O[C@H]([C@@H](O)CO)[C@@H](O[C@@H]5O[C@H](CO)[C@@H](O)[C@H](O)[C@H]5O)[C@H](O[C@H]5O[C@H]([C@@H](O)CO[C@H]6O[C@H]([C@@H](O)CO)[C@@H](O)[C@H](O)[C@@H]6O)[C@@H](O)[C@H](O[C@H]6O[C@H](C(=O)O)[C@@H](O)[C@H](O)[C@H]6O)[C@@H]5O)[C@@H]4O)[C@@H]([C@H](O)CO)O3)[C@@H](OP(=O)(O)O)[C@H](O)[C@H]2N)O[C@@H]1O. The molecule has 57 nitrogen and oxygen atoms in total. The third-order valence-electron chi connectivity index (χ3n) is 21.3. The summed E-state index contributed by atoms with van der Waals surface area (Å²) in [6, 6.07) is -3.60. The number of carboxylic acids is 3. The maximum absolute atomic E-state index is 14.2. The van der Waals surface area contributed by atoms with Crippen molar-refractivity contribution < 1.29 is 272 Å². The van der Waals surface area contributed by atoms with Gasteiger partial charge in [-0.25, -0.2) is 18.9 Å². The predicted octanol–water partition coefficient (Wildman–Crippen LogP) is -22.7. The number of phosphoric ester groups is 1. The lowest BCUT2D eigenvalue weighted by Crippen LogP contribution is -2.71. The van der Waals surface area contributed by atoms with Gasteiger partial charge in [0.15, 0.2) is 50.1 Å². The number of nitrogens with two attached hydrogens (primary N) is 2. The number of aliphatic hydroxyl groups excluding tert-OH is 28. The van der Waals surface area contributed by atoms with Gasteiger partial charge in [-0.1, -0.05) is 0 Å². The quantitative estimate of drug-likeness (QED) is 0.0266. The lowest BCUT2D eigenvalue weighted by atomic mass is 9.89. The number of carbonyl (C=O) groups is 3. The Balaban J connectivity index is 1.16. The molecule has 0 unspecified atom stereocenters. The summed E-state index contributed by atoms with van der Waals surface area (Å²) in [6.45, 7) is -11.1. The molecule has 9 saturated heterocycles. The smallest absolute Gasteiger partial charge is 0.470 e.